The highest BCUT2D eigenvalue weighted by Gasteiger charge is 2.19. The first kappa shape index (κ1) is 16.7. The molecular formula is C19H18N4O2. The number of rotatable bonds is 4. The molecule has 6 heteroatoms. The maximum absolute atomic E-state index is 12.4. The first-order valence-corrected chi connectivity index (χ1v) is 8.24. The van der Waals surface area contributed by atoms with E-state index < -0.39 is 0 Å². The summed E-state index contributed by atoms with van der Waals surface area (Å²) in [5, 5.41) is 14.5. The molecule has 2 N–H and O–H groups in total. The van der Waals surface area contributed by atoms with E-state index in [1.807, 2.05) is 6.07 Å². The Balaban J connectivity index is 1.68. The zero-order chi connectivity index (χ0) is 17.6. The van der Waals surface area contributed by atoms with Crippen molar-refractivity contribution in [2.24, 2.45) is 0 Å². The predicted octanol–water partition coefficient (Wildman–Crippen LogP) is 2.88. The molecular weight excluding hydrogens is 316 g/mol. The van der Waals surface area contributed by atoms with Crippen molar-refractivity contribution in [1.82, 2.24) is 10.3 Å². The molecule has 1 aromatic heterocycles. The minimum atomic E-state index is -0.331. The van der Waals surface area contributed by atoms with Crippen LogP contribution in [0.5, 0.6) is 0 Å². The van der Waals surface area contributed by atoms with Crippen molar-refractivity contribution < 1.29 is 9.59 Å². The molecule has 1 heterocycles. The molecule has 0 unspecified atom stereocenters. The summed E-state index contributed by atoms with van der Waals surface area (Å²) in [5.74, 6) is -0.582. The summed E-state index contributed by atoms with van der Waals surface area (Å²) in [6.45, 7) is 0. The molecule has 1 aliphatic rings. The largest absolute Gasteiger partial charge is 0.348 e. The monoisotopic (exact) mass is 334 g/mol. The van der Waals surface area contributed by atoms with E-state index in [1.54, 1.807) is 30.3 Å². The number of nitriles is 1. The van der Waals surface area contributed by atoms with Crippen LogP contribution in [0.1, 0.15) is 52.1 Å². The molecule has 25 heavy (non-hydrogen) atoms. The maximum atomic E-state index is 12.4. The normalized spacial score (nSPS) is 13.9. The van der Waals surface area contributed by atoms with Crippen LogP contribution in [0.3, 0.4) is 0 Å². The number of benzene rings is 1. The van der Waals surface area contributed by atoms with Gasteiger partial charge in [-0.1, -0.05) is 12.8 Å². The molecule has 0 spiro atoms. The van der Waals surface area contributed by atoms with E-state index >= 15 is 0 Å². The molecule has 0 atom stereocenters. The Kier molecular flexibility index (Phi) is 5.05. The fourth-order valence-corrected chi connectivity index (χ4v) is 2.86. The highest BCUT2D eigenvalue weighted by molar-refractivity contribution is 6.05. The van der Waals surface area contributed by atoms with Crippen LogP contribution in [0.15, 0.2) is 42.6 Å². The van der Waals surface area contributed by atoms with Crippen LogP contribution in [0.4, 0.5) is 5.69 Å². The van der Waals surface area contributed by atoms with E-state index in [0.717, 1.165) is 25.7 Å². The summed E-state index contributed by atoms with van der Waals surface area (Å²) in [6.07, 6.45) is 5.70. The van der Waals surface area contributed by atoms with Gasteiger partial charge in [-0.25, -0.2) is 0 Å². The molecule has 0 saturated heterocycles. The van der Waals surface area contributed by atoms with Gasteiger partial charge in [-0.05, 0) is 49.2 Å². The third-order valence-corrected chi connectivity index (χ3v) is 4.22. The summed E-state index contributed by atoms with van der Waals surface area (Å²) in [7, 11) is 0. The lowest BCUT2D eigenvalue weighted by Crippen LogP contribution is -2.33. The molecule has 6 nitrogen and oxygen atoms in total. The molecule has 3 rings (SSSR count). The van der Waals surface area contributed by atoms with Crippen molar-refractivity contribution in [3.05, 3.63) is 59.4 Å². The van der Waals surface area contributed by atoms with E-state index in [2.05, 4.69) is 15.6 Å². The van der Waals surface area contributed by atoms with Gasteiger partial charge in [0, 0.05) is 23.5 Å². The second-order valence-corrected chi connectivity index (χ2v) is 6.03. The van der Waals surface area contributed by atoms with E-state index in [0.29, 0.717) is 16.8 Å². The Morgan fingerprint density at radius 2 is 1.80 bits per heavy atom. The molecule has 0 aliphatic heterocycles. The van der Waals surface area contributed by atoms with Crippen molar-refractivity contribution in [1.29, 1.82) is 5.26 Å². The standard InChI is InChI=1S/C19H18N4O2/c20-12-13-5-7-16(8-6-13)22-18(24)14-9-10-21-17(11-14)19(25)23-15-3-1-2-4-15/h5-11,15H,1-4H2,(H,22,24)(H,23,25). The van der Waals surface area contributed by atoms with E-state index in [1.165, 1.54) is 12.3 Å². The molecule has 1 aliphatic carbocycles. The van der Waals surface area contributed by atoms with Gasteiger partial charge in [0.1, 0.15) is 5.69 Å². The summed E-state index contributed by atoms with van der Waals surface area (Å²) in [4.78, 5) is 28.7. The SMILES string of the molecule is N#Cc1ccc(NC(=O)c2ccnc(C(=O)NC3CCCC3)c2)cc1. The number of carbonyl (C=O) groups excluding carboxylic acids is 2. The lowest BCUT2D eigenvalue weighted by atomic mass is 10.1. The number of hydrogen-bond acceptors (Lipinski definition) is 4. The number of carbonyl (C=O) groups is 2. The van der Waals surface area contributed by atoms with Crippen molar-refractivity contribution in [2.45, 2.75) is 31.7 Å². The molecule has 1 aromatic carbocycles. The lowest BCUT2D eigenvalue weighted by Gasteiger charge is -2.12. The molecule has 0 radical (unpaired) electrons. The Morgan fingerprint density at radius 3 is 2.48 bits per heavy atom. The van der Waals surface area contributed by atoms with Crippen molar-refractivity contribution in [3.8, 4) is 6.07 Å². The van der Waals surface area contributed by atoms with Crippen molar-refractivity contribution in [3.63, 3.8) is 0 Å². The van der Waals surface area contributed by atoms with E-state index in [4.69, 9.17) is 5.26 Å². The Labute approximate surface area is 145 Å². The number of anilines is 1. The smallest absolute Gasteiger partial charge is 0.270 e. The molecule has 2 aromatic rings. The highest BCUT2D eigenvalue weighted by Crippen LogP contribution is 2.18. The number of hydrogen-bond donors (Lipinski definition) is 2. The number of pyridine rings is 1. The zero-order valence-electron chi connectivity index (χ0n) is 13.7. The Bertz CT molecular complexity index is 818. The quantitative estimate of drug-likeness (QED) is 0.899. The minimum Gasteiger partial charge on any atom is -0.348 e. The third-order valence-electron chi connectivity index (χ3n) is 4.22. The molecule has 1 saturated carbocycles. The number of amides is 2. The molecule has 126 valence electrons. The Morgan fingerprint density at radius 1 is 1.08 bits per heavy atom. The fourth-order valence-electron chi connectivity index (χ4n) is 2.86. The topological polar surface area (TPSA) is 94.9 Å². The summed E-state index contributed by atoms with van der Waals surface area (Å²) in [5.41, 5.74) is 1.70. The van der Waals surface area contributed by atoms with Crippen LogP contribution >= 0.6 is 0 Å². The first-order valence-electron chi connectivity index (χ1n) is 8.24. The second kappa shape index (κ2) is 7.58. The van der Waals surface area contributed by atoms with Crippen LogP contribution in [0.25, 0.3) is 0 Å². The zero-order valence-corrected chi connectivity index (χ0v) is 13.7. The van der Waals surface area contributed by atoms with E-state index in [9.17, 15) is 9.59 Å². The fraction of sp³-hybridized carbons (Fsp3) is 0.263. The van der Waals surface area contributed by atoms with Crippen LogP contribution in [-0.2, 0) is 0 Å². The average Bonchev–Trinajstić information content (AvgIpc) is 3.15. The van der Waals surface area contributed by atoms with Gasteiger partial charge in [0.05, 0.1) is 11.6 Å². The van der Waals surface area contributed by atoms with E-state index in [-0.39, 0.29) is 23.6 Å². The molecule has 1 fully saturated rings. The lowest BCUT2D eigenvalue weighted by molar-refractivity contribution is 0.0933. The molecule has 2 amide bonds. The van der Waals surface area contributed by atoms with Crippen molar-refractivity contribution in [2.75, 3.05) is 5.32 Å². The number of nitrogens with zero attached hydrogens (tertiary/aromatic N) is 2. The van der Waals surface area contributed by atoms with Crippen LogP contribution < -0.4 is 10.6 Å². The van der Waals surface area contributed by atoms with Gasteiger partial charge in [0.25, 0.3) is 11.8 Å². The van der Waals surface area contributed by atoms with Gasteiger partial charge in [-0.3, -0.25) is 14.6 Å². The van der Waals surface area contributed by atoms with Gasteiger partial charge in [-0.15, -0.1) is 0 Å². The summed E-state index contributed by atoms with van der Waals surface area (Å²) >= 11 is 0. The van der Waals surface area contributed by atoms with Gasteiger partial charge in [0.15, 0.2) is 0 Å². The minimum absolute atomic E-state index is 0.199. The summed E-state index contributed by atoms with van der Waals surface area (Å²) in [6, 6.07) is 11.8. The number of aromatic nitrogens is 1. The average molecular weight is 334 g/mol. The van der Waals surface area contributed by atoms with Crippen LogP contribution in [0.2, 0.25) is 0 Å². The van der Waals surface area contributed by atoms with Crippen molar-refractivity contribution >= 4 is 17.5 Å². The van der Waals surface area contributed by atoms with Crippen LogP contribution in [-0.4, -0.2) is 22.8 Å². The van der Waals surface area contributed by atoms with Gasteiger partial charge >= 0.3 is 0 Å². The van der Waals surface area contributed by atoms with Crippen LogP contribution in [0, 0.1) is 11.3 Å². The third kappa shape index (κ3) is 4.21. The summed E-state index contributed by atoms with van der Waals surface area (Å²) < 4.78 is 0. The second-order valence-electron chi connectivity index (χ2n) is 6.03. The Hall–Kier alpha value is -3.20. The van der Waals surface area contributed by atoms with Gasteiger partial charge < -0.3 is 10.6 Å². The predicted molar refractivity (Wildman–Crippen MR) is 93.1 cm³/mol. The highest BCUT2D eigenvalue weighted by atomic mass is 16.2. The van der Waals surface area contributed by atoms with Gasteiger partial charge in [0.2, 0.25) is 0 Å². The molecule has 0 bridgehead atoms. The number of nitrogens with one attached hydrogen (secondary N) is 2. The first-order chi connectivity index (χ1) is 12.2. The van der Waals surface area contributed by atoms with Gasteiger partial charge in [-0.2, -0.15) is 5.26 Å². The maximum Gasteiger partial charge on any atom is 0.270 e.